The summed E-state index contributed by atoms with van der Waals surface area (Å²) in [5.41, 5.74) is 0. The van der Waals surface area contributed by atoms with E-state index < -0.39 is 19.9 Å². The molecule has 1 rings (SSSR count). The first kappa shape index (κ1) is 19.1. The summed E-state index contributed by atoms with van der Waals surface area (Å²) in [5.74, 6) is 0.299. The standard InChI is InChI=1S/C15H25NO4S2/c1-4-6-8-13(5-2)12-16-22(19,20)15-10-7-9-14(11-15)21(3,17)18/h7,9-11,13,16H,4-6,8,12H2,1-3H3. The molecule has 1 atom stereocenters. The second-order valence-corrected chi connectivity index (χ2v) is 9.30. The molecule has 0 radical (unpaired) electrons. The van der Waals surface area contributed by atoms with E-state index in [0.717, 1.165) is 31.9 Å². The molecular weight excluding hydrogens is 322 g/mol. The second kappa shape index (κ2) is 8.08. The molecule has 22 heavy (non-hydrogen) atoms. The fourth-order valence-corrected chi connectivity index (χ4v) is 4.03. The Morgan fingerprint density at radius 2 is 1.73 bits per heavy atom. The lowest BCUT2D eigenvalue weighted by Crippen LogP contribution is -2.29. The second-order valence-electron chi connectivity index (χ2n) is 5.52. The van der Waals surface area contributed by atoms with Gasteiger partial charge in [0.15, 0.2) is 9.84 Å². The minimum absolute atomic E-state index is 0.00778. The van der Waals surface area contributed by atoms with E-state index in [1.807, 2.05) is 6.92 Å². The first-order valence-electron chi connectivity index (χ1n) is 7.50. The number of nitrogens with one attached hydrogen (secondary N) is 1. The number of sulfonamides is 1. The van der Waals surface area contributed by atoms with Crippen LogP contribution in [0, 0.1) is 5.92 Å². The van der Waals surface area contributed by atoms with Crippen LogP contribution in [0.4, 0.5) is 0 Å². The molecule has 126 valence electrons. The van der Waals surface area contributed by atoms with E-state index in [9.17, 15) is 16.8 Å². The lowest BCUT2D eigenvalue weighted by atomic mass is 10.00. The van der Waals surface area contributed by atoms with Gasteiger partial charge < -0.3 is 0 Å². The molecule has 0 aromatic heterocycles. The van der Waals surface area contributed by atoms with Crippen LogP contribution in [-0.2, 0) is 19.9 Å². The van der Waals surface area contributed by atoms with Crippen LogP contribution in [0.3, 0.4) is 0 Å². The highest BCUT2D eigenvalue weighted by Gasteiger charge is 2.18. The van der Waals surface area contributed by atoms with Crippen LogP contribution in [0.1, 0.15) is 39.5 Å². The smallest absolute Gasteiger partial charge is 0.224 e. The molecule has 0 saturated carbocycles. The molecule has 0 spiro atoms. The van der Waals surface area contributed by atoms with Crippen molar-refractivity contribution in [3.63, 3.8) is 0 Å². The zero-order valence-electron chi connectivity index (χ0n) is 13.4. The lowest BCUT2D eigenvalue weighted by molar-refractivity contribution is 0.443. The summed E-state index contributed by atoms with van der Waals surface area (Å²) in [6.45, 7) is 4.52. The van der Waals surface area contributed by atoms with Crippen LogP contribution < -0.4 is 4.72 Å². The Hall–Kier alpha value is -0.920. The Kier molecular flexibility index (Phi) is 7.02. The van der Waals surface area contributed by atoms with Crippen molar-refractivity contribution >= 4 is 19.9 Å². The molecule has 1 aromatic rings. The highest BCUT2D eigenvalue weighted by molar-refractivity contribution is 7.91. The van der Waals surface area contributed by atoms with Crippen LogP contribution in [0.25, 0.3) is 0 Å². The van der Waals surface area contributed by atoms with E-state index in [0.29, 0.717) is 12.5 Å². The molecule has 5 nitrogen and oxygen atoms in total. The number of hydrogen-bond acceptors (Lipinski definition) is 4. The van der Waals surface area contributed by atoms with Crippen LogP contribution in [0.5, 0.6) is 0 Å². The summed E-state index contributed by atoms with van der Waals surface area (Å²) >= 11 is 0. The SMILES string of the molecule is CCCCC(CC)CNS(=O)(=O)c1cccc(S(C)(=O)=O)c1. The van der Waals surface area contributed by atoms with Crippen molar-refractivity contribution in [2.24, 2.45) is 5.92 Å². The number of sulfone groups is 1. The van der Waals surface area contributed by atoms with Crippen molar-refractivity contribution in [2.75, 3.05) is 12.8 Å². The largest absolute Gasteiger partial charge is 0.240 e. The third-order valence-corrected chi connectivity index (χ3v) is 6.18. The molecule has 1 unspecified atom stereocenters. The monoisotopic (exact) mass is 347 g/mol. The Labute approximate surface area is 134 Å². The molecule has 0 aliphatic rings. The Balaban J connectivity index is 2.87. The summed E-state index contributed by atoms with van der Waals surface area (Å²) in [5, 5.41) is 0. The topological polar surface area (TPSA) is 80.3 Å². The zero-order chi connectivity index (χ0) is 16.8. The van der Waals surface area contributed by atoms with Crippen molar-refractivity contribution < 1.29 is 16.8 Å². The molecule has 1 aromatic carbocycles. The minimum atomic E-state index is -3.69. The predicted octanol–water partition coefficient (Wildman–Crippen LogP) is 2.58. The van der Waals surface area contributed by atoms with Crippen LogP contribution >= 0.6 is 0 Å². The Morgan fingerprint density at radius 3 is 2.27 bits per heavy atom. The number of hydrogen-bond donors (Lipinski definition) is 1. The van der Waals surface area contributed by atoms with Gasteiger partial charge in [-0.05, 0) is 30.5 Å². The van der Waals surface area contributed by atoms with E-state index in [-0.39, 0.29) is 9.79 Å². The molecule has 0 saturated heterocycles. The van der Waals surface area contributed by atoms with Crippen molar-refractivity contribution in [1.29, 1.82) is 0 Å². The molecule has 0 bridgehead atoms. The first-order chi connectivity index (χ1) is 10.2. The quantitative estimate of drug-likeness (QED) is 0.744. The van der Waals surface area contributed by atoms with Gasteiger partial charge in [-0.3, -0.25) is 0 Å². The summed E-state index contributed by atoms with van der Waals surface area (Å²) in [7, 11) is -7.11. The fourth-order valence-electron chi connectivity index (χ4n) is 2.13. The molecular formula is C15H25NO4S2. The average molecular weight is 348 g/mol. The molecule has 0 aliphatic heterocycles. The van der Waals surface area contributed by atoms with Gasteiger partial charge in [0.05, 0.1) is 9.79 Å². The molecule has 7 heteroatoms. The molecule has 0 aliphatic carbocycles. The molecule has 0 fully saturated rings. The summed E-state index contributed by atoms with van der Waals surface area (Å²) in [4.78, 5) is -0.00540. The van der Waals surface area contributed by atoms with Crippen LogP contribution in [-0.4, -0.2) is 29.6 Å². The number of rotatable bonds is 9. The van der Waals surface area contributed by atoms with Crippen molar-refractivity contribution in [2.45, 2.75) is 49.3 Å². The van der Waals surface area contributed by atoms with Crippen LogP contribution in [0.2, 0.25) is 0 Å². The maximum Gasteiger partial charge on any atom is 0.240 e. The number of unbranched alkanes of at least 4 members (excludes halogenated alkanes) is 1. The highest BCUT2D eigenvalue weighted by atomic mass is 32.2. The van der Waals surface area contributed by atoms with E-state index in [4.69, 9.17) is 0 Å². The average Bonchev–Trinajstić information content (AvgIpc) is 2.47. The van der Waals surface area contributed by atoms with Gasteiger partial charge >= 0.3 is 0 Å². The Morgan fingerprint density at radius 1 is 1.09 bits per heavy atom. The maximum absolute atomic E-state index is 12.3. The highest BCUT2D eigenvalue weighted by Crippen LogP contribution is 2.17. The van der Waals surface area contributed by atoms with E-state index in [1.165, 1.54) is 24.3 Å². The van der Waals surface area contributed by atoms with Gasteiger partial charge in [0, 0.05) is 12.8 Å². The van der Waals surface area contributed by atoms with Gasteiger partial charge in [0.25, 0.3) is 0 Å². The third-order valence-electron chi connectivity index (χ3n) is 3.65. The van der Waals surface area contributed by atoms with Gasteiger partial charge in [-0.15, -0.1) is 0 Å². The summed E-state index contributed by atoms with van der Waals surface area (Å²) in [6.07, 6.45) is 5.11. The molecule has 0 amide bonds. The fraction of sp³-hybridized carbons (Fsp3) is 0.600. The zero-order valence-corrected chi connectivity index (χ0v) is 15.0. The van der Waals surface area contributed by atoms with Gasteiger partial charge in [0.1, 0.15) is 0 Å². The maximum atomic E-state index is 12.3. The van der Waals surface area contributed by atoms with Gasteiger partial charge in [-0.1, -0.05) is 39.2 Å². The van der Waals surface area contributed by atoms with E-state index >= 15 is 0 Å². The van der Waals surface area contributed by atoms with E-state index in [1.54, 1.807) is 0 Å². The minimum Gasteiger partial charge on any atom is -0.224 e. The third kappa shape index (κ3) is 5.70. The Bertz CT molecular complexity index is 681. The van der Waals surface area contributed by atoms with E-state index in [2.05, 4.69) is 11.6 Å². The lowest BCUT2D eigenvalue weighted by Gasteiger charge is -2.15. The van der Waals surface area contributed by atoms with Gasteiger partial charge in [0.2, 0.25) is 10.0 Å². The van der Waals surface area contributed by atoms with Crippen molar-refractivity contribution in [3.8, 4) is 0 Å². The van der Waals surface area contributed by atoms with Gasteiger partial charge in [-0.25, -0.2) is 21.6 Å². The van der Waals surface area contributed by atoms with Gasteiger partial charge in [-0.2, -0.15) is 0 Å². The summed E-state index contributed by atoms with van der Waals surface area (Å²) in [6, 6.07) is 5.44. The first-order valence-corrected chi connectivity index (χ1v) is 10.9. The predicted molar refractivity (Wildman–Crippen MR) is 88.0 cm³/mol. The van der Waals surface area contributed by atoms with Crippen molar-refractivity contribution in [1.82, 2.24) is 4.72 Å². The normalized spacial score (nSPS) is 14.0. The van der Waals surface area contributed by atoms with Crippen LogP contribution in [0.15, 0.2) is 34.1 Å². The molecule has 1 N–H and O–H groups in total. The molecule has 0 heterocycles. The summed E-state index contributed by atoms with van der Waals surface area (Å²) < 4.78 is 50.2. The van der Waals surface area contributed by atoms with Crippen molar-refractivity contribution in [3.05, 3.63) is 24.3 Å². The number of benzene rings is 1.